The summed E-state index contributed by atoms with van der Waals surface area (Å²) in [5.74, 6) is -1.12. The summed E-state index contributed by atoms with van der Waals surface area (Å²) in [5.41, 5.74) is 0.267. The van der Waals surface area contributed by atoms with Crippen LogP contribution in [-0.4, -0.2) is 6.54 Å². The number of thiophene rings is 1. The largest absolute Gasteiger partial charge is 0.305 e. The average molecular weight is 381 g/mol. The molecule has 0 bridgehead atoms. The molecule has 1 aromatic heterocycles. The summed E-state index contributed by atoms with van der Waals surface area (Å²) in [5, 5.41) is 4.95. The third kappa shape index (κ3) is 3.39. The highest BCUT2D eigenvalue weighted by Gasteiger charge is 2.22. The Balaban J connectivity index is 2.46. The lowest BCUT2D eigenvalue weighted by atomic mass is 10.0. The van der Waals surface area contributed by atoms with Gasteiger partial charge in [-0.1, -0.05) is 18.5 Å². The topological polar surface area (TPSA) is 12.0 Å². The lowest BCUT2D eigenvalue weighted by Gasteiger charge is -2.19. The van der Waals surface area contributed by atoms with Gasteiger partial charge in [0.2, 0.25) is 0 Å². The van der Waals surface area contributed by atoms with Crippen molar-refractivity contribution >= 4 is 38.9 Å². The van der Waals surface area contributed by atoms with Gasteiger partial charge in [0.25, 0.3) is 0 Å². The summed E-state index contributed by atoms with van der Waals surface area (Å²) < 4.78 is 28.7. The summed E-state index contributed by atoms with van der Waals surface area (Å²) in [7, 11) is 0. The van der Waals surface area contributed by atoms with Gasteiger partial charge in [-0.25, -0.2) is 8.78 Å². The van der Waals surface area contributed by atoms with Crippen LogP contribution in [0.3, 0.4) is 0 Å². The van der Waals surface area contributed by atoms with Crippen molar-refractivity contribution in [3.63, 3.8) is 0 Å². The molecule has 1 aromatic carbocycles. The van der Waals surface area contributed by atoms with Crippen LogP contribution in [0.2, 0.25) is 5.02 Å². The lowest BCUT2D eigenvalue weighted by Crippen LogP contribution is -2.23. The van der Waals surface area contributed by atoms with Gasteiger partial charge >= 0.3 is 0 Å². The van der Waals surface area contributed by atoms with Crippen molar-refractivity contribution in [1.29, 1.82) is 0 Å². The van der Waals surface area contributed by atoms with Gasteiger partial charge in [-0.2, -0.15) is 0 Å². The highest BCUT2D eigenvalue weighted by molar-refractivity contribution is 9.10. The molecular weight excluding hydrogens is 368 g/mol. The van der Waals surface area contributed by atoms with Crippen LogP contribution in [-0.2, 0) is 0 Å². The van der Waals surface area contributed by atoms with E-state index in [9.17, 15) is 8.78 Å². The minimum atomic E-state index is -0.612. The molecular formula is C14H13BrClF2NS. The molecule has 0 amide bonds. The Hall–Kier alpha value is -0.490. The van der Waals surface area contributed by atoms with Gasteiger partial charge < -0.3 is 5.32 Å². The molecule has 0 saturated carbocycles. The van der Waals surface area contributed by atoms with Crippen LogP contribution in [0.5, 0.6) is 0 Å². The first kappa shape index (κ1) is 15.9. The fourth-order valence-electron chi connectivity index (χ4n) is 1.90. The predicted octanol–water partition coefficient (Wildman–Crippen LogP) is 5.53. The quantitative estimate of drug-likeness (QED) is 0.672. The van der Waals surface area contributed by atoms with E-state index in [4.69, 9.17) is 11.6 Å². The highest BCUT2D eigenvalue weighted by Crippen LogP contribution is 2.35. The SMILES string of the molecule is CCCNC(c1cc(F)c(Cl)cc1F)c1sccc1Br. The van der Waals surface area contributed by atoms with E-state index in [1.807, 2.05) is 18.4 Å². The van der Waals surface area contributed by atoms with Gasteiger partial charge in [0, 0.05) is 14.9 Å². The minimum Gasteiger partial charge on any atom is -0.305 e. The molecule has 2 rings (SSSR count). The minimum absolute atomic E-state index is 0.203. The number of rotatable bonds is 5. The van der Waals surface area contributed by atoms with Gasteiger partial charge in [0.05, 0.1) is 11.1 Å². The van der Waals surface area contributed by atoms with Crippen molar-refractivity contribution in [1.82, 2.24) is 5.32 Å². The second-order valence-electron chi connectivity index (χ2n) is 4.31. The van der Waals surface area contributed by atoms with Gasteiger partial charge in [0.1, 0.15) is 11.6 Å². The van der Waals surface area contributed by atoms with E-state index < -0.39 is 17.7 Å². The van der Waals surface area contributed by atoms with Crippen LogP contribution in [0.25, 0.3) is 0 Å². The molecule has 2 aromatic rings. The number of benzene rings is 1. The summed E-state index contributed by atoms with van der Waals surface area (Å²) in [6.07, 6.45) is 0.900. The summed E-state index contributed by atoms with van der Waals surface area (Å²) in [6, 6.07) is 3.69. The van der Waals surface area contributed by atoms with Gasteiger partial charge in [-0.3, -0.25) is 0 Å². The average Bonchev–Trinajstić information content (AvgIpc) is 2.82. The van der Waals surface area contributed by atoms with Crippen molar-refractivity contribution in [2.75, 3.05) is 6.54 Å². The lowest BCUT2D eigenvalue weighted by molar-refractivity contribution is 0.538. The second kappa shape index (κ2) is 6.98. The van der Waals surface area contributed by atoms with Gasteiger partial charge in [0.15, 0.2) is 0 Å². The van der Waals surface area contributed by atoms with Crippen molar-refractivity contribution in [2.24, 2.45) is 0 Å². The summed E-state index contributed by atoms with van der Waals surface area (Å²) in [6.45, 7) is 2.73. The fourth-order valence-corrected chi connectivity index (χ4v) is 3.75. The van der Waals surface area contributed by atoms with E-state index in [2.05, 4.69) is 21.2 Å². The third-order valence-corrected chi connectivity index (χ3v) is 5.08. The first-order valence-electron chi connectivity index (χ1n) is 6.15. The molecule has 0 aliphatic heterocycles. The van der Waals surface area contributed by atoms with Crippen LogP contribution in [0, 0.1) is 11.6 Å². The predicted molar refractivity (Wildman–Crippen MR) is 83.5 cm³/mol. The number of halogens is 4. The Kier molecular flexibility index (Phi) is 5.55. The van der Waals surface area contributed by atoms with Gasteiger partial charge in [-0.05, 0) is 52.5 Å². The van der Waals surface area contributed by atoms with Crippen molar-refractivity contribution in [3.8, 4) is 0 Å². The molecule has 0 aliphatic carbocycles. The van der Waals surface area contributed by atoms with E-state index in [0.29, 0.717) is 6.54 Å². The highest BCUT2D eigenvalue weighted by atomic mass is 79.9. The Labute approximate surface area is 134 Å². The zero-order valence-corrected chi connectivity index (χ0v) is 13.9. The zero-order chi connectivity index (χ0) is 14.7. The molecule has 0 spiro atoms. The molecule has 1 N–H and O–H groups in total. The van der Waals surface area contributed by atoms with Gasteiger partial charge in [-0.15, -0.1) is 11.3 Å². The monoisotopic (exact) mass is 379 g/mol. The molecule has 108 valence electrons. The van der Waals surface area contributed by atoms with Crippen LogP contribution in [0.1, 0.15) is 29.8 Å². The maximum absolute atomic E-state index is 14.1. The smallest absolute Gasteiger partial charge is 0.142 e. The molecule has 0 saturated heterocycles. The van der Waals surface area contributed by atoms with Crippen molar-refractivity contribution in [2.45, 2.75) is 19.4 Å². The second-order valence-corrected chi connectivity index (χ2v) is 6.52. The third-order valence-electron chi connectivity index (χ3n) is 2.86. The van der Waals surface area contributed by atoms with E-state index in [-0.39, 0.29) is 10.6 Å². The molecule has 6 heteroatoms. The molecule has 0 radical (unpaired) electrons. The first-order chi connectivity index (χ1) is 9.54. The Morgan fingerprint density at radius 3 is 2.70 bits per heavy atom. The molecule has 0 aliphatic rings. The Morgan fingerprint density at radius 2 is 2.10 bits per heavy atom. The normalized spacial score (nSPS) is 12.7. The van der Waals surface area contributed by atoms with Crippen molar-refractivity contribution < 1.29 is 8.78 Å². The number of hydrogen-bond donors (Lipinski definition) is 1. The van der Waals surface area contributed by atoms with E-state index >= 15 is 0 Å². The van der Waals surface area contributed by atoms with E-state index in [0.717, 1.165) is 27.9 Å². The first-order valence-corrected chi connectivity index (χ1v) is 8.20. The van der Waals surface area contributed by atoms with Crippen LogP contribution >= 0.6 is 38.9 Å². The standard InChI is InChI=1S/C14H13BrClF2NS/c1-2-4-19-13(14-9(15)3-5-20-14)8-6-12(18)10(16)7-11(8)17/h3,5-7,13,19H,2,4H2,1H3. The van der Waals surface area contributed by atoms with Crippen LogP contribution < -0.4 is 5.32 Å². The summed E-state index contributed by atoms with van der Waals surface area (Å²) in [4.78, 5) is 0.916. The number of hydrogen-bond acceptors (Lipinski definition) is 2. The molecule has 1 atom stereocenters. The van der Waals surface area contributed by atoms with E-state index in [1.54, 1.807) is 0 Å². The molecule has 1 heterocycles. The maximum atomic E-state index is 14.1. The van der Waals surface area contributed by atoms with Crippen LogP contribution in [0.15, 0.2) is 28.1 Å². The fraction of sp³-hybridized carbons (Fsp3) is 0.286. The number of nitrogens with one attached hydrogen (secondary N) is 1. The molecule has 1 unspecified atom stereocenters. The molecule has 1 nitrogen and oxygen atoms in total. The van der Waals surface area contributed by atoms with Crippen molar-refractivity contribution in [3.05, 3.63) is 55.1 Å². The summed E-state index contributed by atoms with van der Waals surface area (Å²) >= 11 is 10.5. The van der Waals surface area contributed by atoms with Crippen LogP contribution in [0.4, 0.5) is 8.78 Å². The zero-order valence-electron chi connectivity index (χ0n) is 10.7. The maximum Gasteiger partial charge on any atom is 0.142 e. The Bertz CT molecular complexity index is 603. The Morgan fingerprint density at radius 1 is 1.35 bits per heavy atom. The molecule has 20 heavy (non-hydrogen) atoms. The van der Waals surface area contributed by atoms with E-state index in [1.165, 1.54) is 11.3 Å². The molecule has 0 fully saturated rings.